The molecule has 0 aliphatic heterocycles. The van der Waals surface area contributed by atoms with Gasteiger partial charge in [-0.2, -0.15) is 0 Å². The van der Waals surface area contributed by atoms with Gasteiger partial charge in [0, 0.05) is 44.8 Å². The Labute approximate surface area is 225 Å². The number of carbonyl (C=O) groups excluding carboxylic acids is 2. The summed E-state index contributed by atoms with van der Waals surface area (Å²) in [5, 5.41) is 21.6. The summed E-state index contributed by atoms with van der Waals surface area (Å²) < 4.78 is 2.53. The van der Waals surface area contributed by atoms with Crippen molar-refractivity contribution in [2.75, 3.05) is 13.1 Å². The maximum atomic E-state index is 10.8. The van der Waals surface area contributed by atoms with Crippen LogP contribution in [0.2, 0.25) is 0 Å². The van der Waals surface area contributed by atoms with E-state index in [0.717, 1.165) is 35.5 Å². The standard InChI is InChI=1S/2C11H15NO2S2.Zn/c2*1-2-3-9-12(11(13)14)16-15-10-7-5-4-6-8-10;/h2*4-8H,2-3,9H2,1H3,(H,13,14);/q;;+2/p-2. The van der Waals surface area contributed by atoms with E-state index in [1.165, 1.54) is 52.2 Å². The Kier molecular flexibility index (Phi) is 19.8. The van der Waals surface area contributed by atoms with Gasteiger partial charge in [-0.3, -0.25) is 8.61 Å². The SMILES string of the molecule is CCCCN(SSc1ccccc1)C(=O)[O-].CCCCN(SSc1ccccc1)C(=O)[O-].[Zn+2]. The Morgan fingerprint density at radius 2 is 1.03 bits per heavy atom. The summed E-state index contributed by atoms with van der Waals surface area (Å²) in [5.74, 6) is 0. The maximum absolute atomic E-state index is 10.8. The fourth-order valence-electron chi connectivity index (χ4n) is 2.05. The molecule has 0 N–H and O–H groups in total. The molecule has 2 aromatic rings. The number of nitrogens with zero attached hydrogens (tertiary/aromatic N) is 2. The Hall–Kier alpha value is -0.997. The first-order chi connectivity index (χ1) is 15.5. The number of rotatable bonds is 12. The summed E-state index contributed by atoms with van der Waals surface area (Å²) >= 11 is 0. The van der Waals surface area contributed by atoms with Gasteiger partial charge in [0.05, 0.1) is 0 Å². The molecule has 11 heteroatoms. The molecule has 0 bridgehead atoms. The van der Waals surface area contributed by atoms with Crippen molar-refractivity contribution in [3.63, 3.8) is 0 Å². The molecule has 0 aromatic heterocycles. The summed E-state index contributed by atoms with van der Waals surface area (Å²) in [6, 6.07) is 19.4. The van der Waals surface area contributed by atoms with Crippen molar-refractivity contribution >= 4 is 55.7 Å². The number of benzene rings is 2. The molecular weight excluding hydrogens is 550 g/mol. The minimum atomic E-state index is -1.12. The molecule has 0 atom stereocenters. The van der Waals surface area contributed by atoms with Gasteiger partial charge < -0.3 is 19.8 Å². The summed E-state index contributed by atoms with van der Waals surface area (Å²) in [7, 11) is 5.28. The average molecular weight is 578 g/mol. The number of carbonyl (C=O) groups is 2. The van der Waals surface area contributed by atoms with Crippen molar-refractivity contribution < 1.29 is 39.3 Å². The second-order valence-electron chi connectivity index (χ2n) is 6.38. The second kappa shape index (κ2) is 20.4. The molecule has 6 nitrogen and oxygen atoms in total. The molecule has 2 amide bonds. The number of hydrogen-bond donors (Lipinski definition) is 0. The summed E-state index contributed by atoms with van der Waals surface area (Å²) in [6.45, 7) is 5.09. The molecule has 0 unspecified atom stereocenters. The van der Waals surface area contributed by atoms with Gasteiger partial charge in [-0.1, -0.05) is 63.1 Å². The van der Waals surface area contributed by atoms with Crippen molar-refractivity contribution in [2.24, 2.45) is 0 Å². The molecule has 0 fully saturated rings. The molecule has 0 saturated carbocycles. The fourth-order valence-corrected chi connectivity index (χ4v) is 6.00. The van der Waals surface area contributed by atoms with Gasteiger partial charge in [-0.05, 0) is 58.7 Å². The van der Waals surface area contributed by atoms with E-state index in [9.17, 15) is 19.8 Å². The van der Waals surface area contributed by atoms with Crippen LogP contribution in [0, 0.1) is 0 Å². The van der Waals surface area contributed by atoms with Gasteiger partial charge in [0.2, 0.25) is 0 Å². The van der Waals surface area contributed by atoms with Crippen molar-refractivity contribution in [1.82, 2.24) is 8.61 Å². The number of hydrogen-bond acceptors (Lipinski definition) is 8. The van der Waals surface area contributed by atoms with E-state index in [2.05, 4.69) is 0 Å². The molecule has 2 aromatic carbocycles. The van der Waals surface area contributed by atoms with Crippen LogP contribution in [0.4, 0.5) is 9.59 Å². The van der Waals surface area contributed by atoms with Crippen LogP contribution in [0.5, 0.6) is 0 Å². The van der Waals surface area contributed by atoms with Crippen LogP contribution in [-0.2, 0) is 19.5 Å². The number of unbranched alkanes of at least 4 members (excludes halogenated alkanes) is 2. The minimum Gasteiger partial charge on any atom is -0.529 e. The maximum Gasteiger partial charge on any atom is 2.00 e. The number of amides is 2. The molecule has 0 spiro atoms. The third-order valence-corrected chi connectivity index (χ3v) is 8.55. The van der Waals surface area contributed by atoms with Crippen LogP contribution in [0.1, 0.15) is 39.5 Å². The zero-order valence-corrected chi connectivity index (χ0v) is 25.1. The van der Waals surface area contributed by atoms with E-state index in [1.54, 1.807) is 0 Å². The molecular formula is C22H28N2O4S4Zn. The Bertz CT molecular complexity index is 710. The van der Waals surface area contributed by atoms with E-state index in [4.69, 9.17) is 0 Å². The quantitative estimate of drug-likeness (QED) is 0.184. The first kappa shape index (κ1) is 32.0. The third-order valence-electron chi connectivity index (χ3n) is 3.77. The van der Waals surface area contributed by atoms with Gasteiger partial charge in [-0.25, -0.2) is 0 Å². The van der Waals surface area contributed by atoms with Crippen LogP contribution in [0.15, 0.2) is 70.5 Å². The molecule has 0 heterocycles. The molecule has 2 rings (SSSR count). The zero-order chi connectivity index (χ0) is 23.6. The molecule has 0 aliphatic carbocycles. The van der Waals surface area contributed by atoms with Crippen LogP contribution < -0.4 is 10.2 Å². The summed E-state index contributed by atoms with van der Waals surface area (Å²) in [6.07, 6.45) is 1.41. The van der Waals surface area contributed by atoms with Gasteiger partial charge in [-0.15, -0.1) is 0 Å². The first-order valence-electron chi connectivity index (χ1n) is 10.2. The van der Waals surface area contributed by atoms with Crippen LogP contribution in [-0.4, -0.2) is 33.9 Å². The predicted molar refractivity (Wildman–Crippen MR) is 134 cm³/mol. The van der Waals surface area contributed by atoms with Gasteiger partial charge in [0.15, 0.2) is 0 Å². The van der Waals surface area contributed by atoms with Crippen molar-refractivity contribution in [3.05, 3.63) is 60.7 Å². The van der Waals surface area contributed by atoms with Crippen molar-refractivity contribution in [1.29, 1.82) is 0 Å². The Balaban J connectivity index is 0.000000602. The van der Waals surface area contributed by atoms with E-state index in [1.807, 2.05) is 74.5 Å². The Morgan fingerprint density at radius 1 is 0.697 bits per heavy atom. The summed E-state index contributed by atoms with van der Waals surface area (Å²) in [5.41, 5.74) is 0. The minimum absolute atomic E-state index is 0. The second-order valence-corrected chi connectivity index (χ2v) is 10.7. The van der Waals surface area contributed by atoms with Gasteiger partial charge in [0.25, 0.3) is 0 Å². The molecule has 33 heavy (non-hydrogen) atoms. The van der Waals surface area contributed by atoms with Crippen LogP contribution in [0.25, 0.3) is 0 Å². The van der Waals surface area contributed by atoms with Crippen molar-refractivity contribution in [3.8, 4) is 0 Å². The topological polar surface area (TPSA) is 86.7 Å². The van der Waals surface area contributed by atoms with E-state index >= 15 is 0 Å². The van der Waals surface area contributed by atoms with E-state index < -0.39 is 12.2 Å². The van der Waals surface area contributed by atoms with Crippen molar-refractivity contribution in [2.45, 2.75) is 49.3 Å². The Morgan fingerprint density at radius 3 is 1.30 bits per heavy atom. The van der Waals surface area contributed by atoms with E-state index in [-0.39, 0.29) is 19.5 Å². The largest absolute Gasteiger partial charge is 2.00 e. The normalized spacial score (nSPS) is 9.76. The van der Waals surface area contributed by atoms with Crippen LogP contribution >= 0.6 is 43.5 Å². The third kappa shape index (κ3) is 15.5. The fraction of sp³-hybridized carbons (Fsp3) is 0.364. The van der Waals surface area contributed by atoms with Crippen LogP contribution in [0.3, 0.4) is 0 Å². The zero-order valence-electron chi connectivity index (χ0n) is 18.9. The molecule has 0 saturated heterocycles. The molecule has 0 radical (unpaired) electrons. The van der Waals surface area contributed by atoms with E-state index in [0.29, 0.717) is 13.1 Å². The first-order valence-corrected chi connectivity index (χ1v) is 14.5. The number of carboxylic acid groups (broad SMARTS) is 2. The molecule has 176 valence electrons. The smallest absolute Gasteiger partial charge is 0.529 e. The van der Waals surface area contributed by atoms with Gasteiger partial charge in [0.1, 0.15) is 12.2 Å². The monoisotopic (exact) mass is 576 g/mol. The van der Waals surface area contributed by atoms with Gasteiger partial charge >= 0.3 is 19.5 Å². The average Bonchev–Trinajstić information content (AvgIpc) is 2.80. The molecule has 0 aliphatic rings. The predicted octanol–water partition coefficient (Wildman–Crippen LogP) is 5.57. The summed E-state index contributed by atoms with van der Waals surface area (Å²) in [4.78, 5) is 23.7.